The highest BCUT2D eigenvalue weighted by atomic mass is 19.3. The summed E-state index contributed by atoms with van der Waals surface area (Å²) >= 11 is 0. The number of carbonyl (C=O) groups excluding carboxylic acids is 1. The molecule has 0 saturated carbocycles. The molecule has 2 heterocycles. The number of hydrogen-bond donors (Lipinski definition) is 0. The first kappa shape index (κ1) is 13.5. The first-order chi connectivity index (χ1) is 8.16. The van der Waals surface area contributed by atoms with Crippen LogP contribution < -0.4 is 0 Å². The molecule has 1 amide bonds. The Morgan fingerprint density at radius 3 is 2.39 bits per heavy atom. The third kappa shape index (κ3) is 3.10. The van der Waals surface area contributed by atoms with Gasteiger partial charge >= 0.3 is 6.09 Å². The molecule has 18 heavy (non-hydrogen) atoms. The molecule has 0 aliphatic carbocycles. The zero-order valence-corrected chi connectivity index (χ0v) is 11.1. The van der Waals surface area contributed by atoms with Gasteiger partial charge in [0.15, 0.2) is 0 Å². The topological polar surface area (TPSA) is 32.8 Å². The van der Waals surface area contributed by atoms with E-state index in [1.54, 1.807) is 9.80 Å². The molecule has 0 bridgehead atoms. The van der Waals surface area contributed by atoms with E-state index >= 15 is 0 Å². The van der Waals surface area contributed by atoms with E-state index in [4.69, 9.17) is 4.74 Å². The maximum absolute atomic E-state index is 13.0. The van der Waals surface area contributed by atoms with E-state index in [2.05, 4.69) is 0 Å². The number of amides is 1. The molecule has 0 spiro atoms. The second-order valence-electron chi connectivity index (χ2n) is 6.12. The normalized spacial score (nSPS) is 25.1. The van der Waals surface area contributed by atoms with Crippen molar-refractivity contribution in [3.05, 3.63) is 0 Å². The monoisotopic (exact) mass is 262 g/mol. The average Bonchev–Trinajstić information content (AvgIpc) is 2.39. The number of alkyl halides is 2. The molecule has 0 atom stereocenters. The van der Waals surface area contributed by atoms with Crippen LogP contribution in [0.15, 0.2) is 0 Å². The van der Waals surface area contributed by atoms with Crippen LogP contribution in [0.3, 0.4) is 0 Å². The lowest BCUT2D eigenvalue weighted by Gasteiger charge is -2.43. The summed E-state index contributed by atoms with van der Waals surface area (Å²) in [6.45, 7) is 6.64. The zero-order chi connectivity index (χ0) is 13.6. The number of rotatable bonds is 1. The van der Waals surface area contributed by atoms with Crippen molar-refractivity contribution in [3.8, 4) is 0 Å². The van der Waals surface area contributed by atoms with Gasteiger partial charge in [-0.1, -0.05) is 0 Å². The maximum atomic E-state index is 13.0. The molecule has 6 heteroatoms. The summed E-state index contributed by atoms with van der Waals surface area (Å²) in [6.07, 6.45) is -0.430. The summed E-state index contributed by atoms with van der Waals surface area (Å²) in [6, 6.07) is 0.0610. The summed E-state index contributed by atoms with van der Waals surface area (Å²) in [7, 11) is 0. The van der Waals surface area contributed by atoms with Gasteiger partial charge in [-0.3, -0.25) is 4.90 Å². The smallest absolute Gasteiger partial charge is 0.410 e. The van der Waals surface area contributed by atoms with Crippen LogP contribution in [0.5, 0.6) is 0 Å². The summed E-state index contributed by atoms with van der Waals surface area (Å²) in [4.78, 5) is 15.0. The second kappa shape index (κ2) is 4.33. The Kier molecular flexibility index (Phi) is 3.25. The van der Waals surface area contributed by atoms with Gasteiger partial charge in [0, 0.05) is 32.1 Å². The highest BCUT2D eigenvalue weighted by molar-refractivity contribution is 5.69. The molecule has 0 aromatic rings. The molecule has 0 radical (unpaired) electrons. The van der Waals surface area contributed by atoms with Crippen LogP contribution in [-0.2, 0) is 4.74 Å². The van der Waals surface area contributed by atoms with Crippen molar-refractivity contribution >= 4 is 6.09 Å². The van der Waals surface area contributed by atoms with Crippen LogP contribution in [0.2, 0.25) is 0 Å². The molecular formula is C12H20F2N2O2. The minimum absolute atomic E-state index is 0.0610. The number of carbonyl (C=O) groups is 1. The van der Waals surface area contributed by atoms with Crippen molar-refractivity contribution in [2.45, 2.75) is 44.8 Å². The third-order valence-electron chi connectivity index (χ3n) is 3.23. The molecule has 2 aliphatic rings. The Labute approximate surface area is 106 Å². The van der Waals surface area contributed by atoms with Gasteiger partial charge in [0.2, 0.25) is 0 Å². The van der Waals surface area contributed by atoms with E-state index in [9.17, 15) is 13.6 Å². The molecule has 0 aromatic carbocycles. The fourth-order valence-electron chi connectivity index (χ4n) is 2.24. The van der Waals surface area contributed by atoms with E-state index in [-0.39, 0.29) is 25.1 Å². The van der Waals surface area contributed by atoms with E-state index < -0.39 is 11.5 Å². The first-order valence-corrected chi connectivity index (χ1v) is 6.26. The average molecular weight is 262 g/mol. The summed E-state index contributed by atoms with van der Waals surface area (Å²) in [5.74, 6) is -2.56. The molecule has 4 nitrogen and oxygen atoms in total. The molecule has 2 fully saturated rings. The summed E-state index contributed by atoms with van der Waals surface area (Å²) < 4.78 is 31.3. The number of likely N-dealkylation sites (tertiary alicyclic amines) is 2. The van der Waals surface area contributed by atoms with Crippen molar-refractivity contribution in [3.63, 3.8) is 0 Å². The van der Waals surface area contributed by atoms with E-state index in [0.717, 1.165) is 0 Å². The van der Waals surface area contributed by atoms with Crippen molar-refractivity contribution in [1.82, 2.24) is 9.80 Å². The van der Waals surface area contributed by atoms with E-state index in [1.807, 2.05) is 20.8 Å². The van der Waals surface area contributed by atoms with Crippen molar-refractivity contribution in [2.24, 2.45) is 0 Å². The lowest BCUT2D eigenvalue weighted by molar-refractivity contribution is -0.0260. The van der Waals surface area contributed by atoms with Gasteiger partial charge in [-0.15, -0.1) is 0 Å². The fourth-order valence-corrected chi connectivity index (χ4v) is 2.24. The molecule has 0 unspecified atom stereocenters. The Morgan fingerprint density at radius 1 is 1.33 bits per heavy atom. The van der Waals surface area contributed by atoms with Gasteiger partial charge in [-0.2, -0.15) is 0 Å². The Morgan fingerprint density at radius 2 is 1.94 bits per heavy atom. The summed E-state index contributed by atoms with van der Waals surface area (Å²) in [5, 5.41) is 0. The van der Waals surface area contributed by atoms with Crippen LogP contribution in [0, 0.1) is 0 Å². The van der Waals surface area contributed by atoms with Crippen LogP contribution in [0.4, 0.5) is 13.6 Å². The van der Waals surface area contributed by atoms with Crippen LogP contribution in [-0.4, -0.2) is 59.6 Å². The highest BCUT2D eigenvalue weighted by Crippen LogP contribution is 2.30. The van der Waals surface area contributed by atoms with Gasteiger partial charge in [0.1, 0.15) is 5.60 Å². The number of halogens is 2. The Bertz CT molecular complexity index is 335. The number of ether oxygens (including phenoxy) is 1. The first-order valence-electron chi connectivity index (χ1n) is 6.26. The molecule has 2 aliphatic heterocycles. The van der Waals surface area contributed by atoms with Gasteiger partial charge in [0.05, 0.1) is 6.54 Å². The number of nitrogens with zero attached hydrogens (tertiary/aromatic N) is 2. The molecule has 2 saturated heterocycles. The second-order valence-corrected chi connectivity index (χ2v) is 6.12. The fraction of sp³-hybridized carbons (Fsp3) is 0.917. The SMILES string of the molecule is CC(C)(C)OC(=O)N1CC(N2CCC(F)(F)C2)C1. The Balaban J connectivity index is 1.76. The van der Waals surface area contributed by atoms with E-state index in [0.29, 0.717) is 19.6 Å². The highest BCUT2D eigenvalue weighted by Gasteiger charge is 2.45. The quantitative estimate of drug-likeness (QED) is 0.724. The predicted octanol–water partition coefficient (Wildman–Crippen LogP) is 1.95. The third-order valence-corrected chi connectivity index (χ3v) is 3.23. The van der Waals surface area contributed by atoms with Crippen LogP contribution in [0.1, 0.15) is 27.2 Å². The van der Waals surface area contributed by atoms with E-state index in [1.165, 1.54) is 0 Å². The Hall–Kier alpha value is -0.910. The molecule has 0 N–H and O–H groups in total. The van der Waals surface area contributed by atoms with Gasteiger partial charge < -0.3 is 9.64 Å². The molecule has 0 aromatic heterocycles. The van der Waals surface area contributed by atoms with Crippen LogP contribution >= 0.6 is 0 Å². The largest absolute Gasteiger partial charge is 0.444 e. The van der Waals surface area contributed by atoms with Gasteiger partial charge in [-0.25, -0.2) is 13.6 Å². The number of hydrogen-bond acceptors (Lipinski definition) is 3. The van der Waals surface area contributed by atoms with Crippen molar-refractivity contribution < 1.29 is 18.3 Å². The molecular weight excluding hydrogens is 242 g/mol. The zero-order valence-electron chi connectivity index (χ0n) is 11.1. The van der Waals surface area contributed by atoms with Gasteiger partial charge in [-0.05, 0) is 20.8 Å². The lowest BCUT2D eigenvalue weighted by atomic mass is 10.1. The minimum Gasteiger partial charge on any atom is -0.444 e. The van der Waals surface area contributed by atoms with Gasteiger partial charge in [0.25, 0.3) is 5.92 Å². The minimum atomic E-state index is -2.56. The van der Waals surface area contributed by atoms with Crippen LogP contribution in [0.25, 0.3) is 0 Å². The lowest BCUT2D eigenvalue weighted by Crippen LogP contribution is -2.61. The molecule has 2 rings (SSSR count). The van der Waals surface area contributed by atoms with Crippen molar-refractivity contribution in [2.75, 3.05) is 26.2 Å². The molecule has 104 valence electrons. The van der Waals surface area contributed by atoms with Crippen molar-refractivity contribution in [1.29, 1.82) is 0 Å². The maximum Gasteiger partial charge on any atom is 0.410 e. The summed E-state index contributed by atoms with van der Waals surface area (Å²) in [5.41, 5.74) is -0.511. The standard InChI is InChI=1S/C12H20F2N2O2/c1-11(2,3)18-10(17)16-6-9(7-16)15-5-4-12(13,14)8-15/h9H,4-8H2,1-3H3. The predicted molar refractivity (Wildman–Crippen MR) is 62.7 cm³/mol.